The average molecular weight is 255 g/mol. The summed E-state index contributed by atoms with van der Waals surface area (Å²) in [4.78, 5) is 3.96. The van der Waals surface area contributed by atoms with Gasteiger partial charge in [-0.2, -0.15) is 5.26 Å². The fourth-order valence-electron chi connectivity index (χ4n) is 1.79. The molecule has 0 aliphatic heterocycles. The predicted octanol–water partition coefficient (Wildman–Crippen LogP) is 2.94. The average Bonchev–Trinajstić information content (AvgIpc) is 2.46. The third-order valence-electron chi connectivity index (χ3n) is 2.99. The van der Waals surface area contributed by atoms with Crippen LogP contribution < -0.4 is 5.32 Å². The highest BCUT2D eigenvalue weighted by atomic mass is 19.1. The molecule has 1 aromatic carbocycles. The van der Waals surface area contributed by atoms with Gasteiger partial charge in [-0.15, -0.1) is 0 Å². The number of nitrogens with zero attached hydrogens (tertiary/aromatic N) is 2. The molecule has 3 nitrogen and oxygen atoms in total. The molecule has 0 saturated carbocycles. The second-order valence-electron chi connectivity index (χ2n) is 4.30. The summed E-state index contributed by atoms with van der Waals surface area (Å²) in [6.07, 6.45) is 3.46. The first-order valence-corrected chi connectivity index (χ1v) is 6.02. The van der Waals surface area contributed by atoms with Crippen LogP contribution in [0.25, 0.3) is 0 Å². The maximum Gasteiger partial charge on any atom is 0.129 e. The monoisotopic (exact) mass is 255 g/mol. The molecule has 2 aromatic rings. The van der Waals surface area contributed by atoms with Gasteiger partial charge in [0, 0.05) is 30.5 Å². The lowest BCUT2D eigenvalue weighted by Gasteiger charge is -2.14. The van der Waals surface area contributed by atoms with Gasteiger partial charge in [-0.1, -0.05) is 6.07 Å². The minimum Gasteiger partial charge on any atom is -0.306 e. The van der Waals surface area contributed by atoms with Crippen LogP contribution in [-0.4, -0.2) is 4.98 Å². The van der Waals surface area contributed by atoms with Crippen LogP contribution in [0.1, 0.15) is 29.7 Å². The molecule has 0 bridgehead atoms. The number of hydrogen-bond acceptors (Lipinski definition) is 3. The number of pyridine rings is 1. The Hall–Kier alpha value is -2.25. The van der Waals surface area contributed by atoms with Crippen LogP contribution in [0.2, 0.25) is 0 Å². The van der Waals surface area contributed by atoms with Crippen LogP contribution in [0.3, 0.4) is 0 Å². The molecule has 0 spiro atoms. The van der Waals surface area contributed by atoms with E-state index in [2.05, 4.69) is 10.3 Å². The standard InChI is InChI=1S/C15H14FN3/c1-11(13-4-6-18-7-5-13)19-10-14-3-2-12(9-17)8-15(14)16/h2-8,11,19H,10H2,1H3/t11-/m1/s1. The number of rotatable bonds is 4. The van der Waals surface area contributed by atoms with Gasteiger partial charge in [0.25, 0.3) is 0 Å². The molecule has 1 atom stereocenters. The molecule has 0 radical (unpaired) electrons. The van der Waals surface area contributed by atoms with Crippen LogP contribution in [0.15, 0.2) is 42.7 Å². The van der Waals surface area contributed by atoms with Gasteiger partial charge < -0.3 is 5.32 Å². The molecule has 0 saturated heterocycles. The molecule has 0 amide bonds. The van der Waals surface area contributed by atoms with Crippen molar-refractivity contribution in [1.82, 2.24) is 10.3 Å². The van der Waals surface area contributed by atoms with E-state index in [1.807, 2.05) is 25.1 Å². The van der Waals surface area contributed by atoms with Crippen molar-refractivity contribution in [3.63, 3.8) is 0 Å². The van der Waals surface area contributed by atoms with Crippen LogP contribution in [0.4, 0.5) is 4.39 Å². The zero-order valence-electron chi connectivity index (χ0n) is 10.6. The highest BCUT2D eigenvalue weighted by molar-refractivity contribution is 5.32. The number of nitrogens with one attached hydrogen (secondary N) is 1. The summed E-state index contributed by atoms with van der Waals surface area (Å²) in [6, 6.07) is 10.4. The van der Waals surface area contributed by atoms with Crippen molar-refractivity contribution in [1.29, 1.82) is 5.26 Å². The van der Waals surface area contributed by atoms with Crippen LogP contribution in [0.5, 0.6) is 0 Å². The lowest BCUT2D eigenvalue weighted by molar-refractivity contribution is 0.544. The third-order valence-corrected chi connectivity index (χ3v) is 2.99. The molecular weight excluding hydrogens is 241 g/mol. The summed E-state index contributed by atoms with van der Waals surface area (Å²) >= 11 is 0. The molecule has 0 aliphatic rings. The van der Waals surface area contributed by atoms with Gasteiger partial charge >= 0.3 is 0 Å². The van der Waals surface area contributed by atoms with Crippen molar-refractivity contribution >= 4 is 0 Å². The first-order chi connectivity index (χ1) is 9.20. The van der Waals surface area contributed by atoms with Crippen molar-refractivity contribution in [2.45, 2.75) is 19.5 Å². The van der Waals surface area contributed by atoms with Crippen molar-refractivity contribution in [2.75, 3.05) is 0 Å². The molecule has 4 heteroatoms. The van der Waals surface area contributed by atoms with Crippen LogP contribution in [-0.2, 0) is 6.54 Å². The molecule has 1 aromatic heterocycles. The third kappa shape index (κ3) is 3.36. The largest absolute Gasteiger partial charge is 0.306 e. The van der Waals surface area contributed by atoms with Crippen LogP contribution >= 0.6 is 0 Å². The van der Waals surface area contributed by atoms with Crippen LogP contribution in [0, 0.1) is 17.1 Å². The van der Waals surface area contributed by atoms with Crippen molar-refractivity contribution < 1.29 is 4.39 Å². The fraction of sp³-hybridized carbons (Fsp3) is 0.200. The first-order valence-electron chi connectivity index (χ1n) is 6.02. The molecule has 0 fully saturated rings. The summed E-state index contributed by atoms with van der Waals surface area (Å²) in [5.41, 5.74) is 1.99. The minimum atomic E-state index is -0.353. The molecule has 1 heterocycles. The fourth-order valence-corrected chi connectivity index (χ4v) is 1.79. The Morgan fingerprint density at radius 3 is 2.68 bits per heavy atom. The van der Waals surface area contributed by atoms with Gasteiger partial charge in [-0.3, -0.25) is 4.98 Å². The highest BCUT2D eigenvalue weighted by Crippen LogP contribution is 2.14. The van der Waals surface area contributed by atoms with Gasteiger partial charge in [0.15, 0.2) is 0 Å². The van der Waals surface area contributed by atoms with Gasteiger partial charge in [0.05, 0.1) is 11.6 Å². The summed E-state index contributed by atoms with van der Waals surface area (Å²) in [6.45, 7) is 2.43. The van der Waals surface area contributed by atoms with Gasteiger partial charge in [-0.25, -0.2) is 4.39 Å². The lowest BCUT2D eigenvalue weighted by Crippen LogP contribution is -2.18. The van der Waals surface area contributed by atoms with E-state index >= 15 is 0 Å². The minimum absolute atomic E-state index is 0.109. The number of aromatic nitrogens is 1. The molecule has 0 unspecified atom stereocenters. The number of hydrogen-bond donors (Lipinski definition) is 1. The topological polar surface area (TPSA) is 48.7 Å². The van der Waals surface area contributed by atoms with E-state index in [-0.39, 0.29) is 11.9 Å². The molecule has 19 heavy (non-hydrogen) atoms. The van der Waals surface area contributed by atoms with E-state index in [9.17, 15) is 4.39 Å². The molecule has 96 valence electrons. The van der Waals surface area contributed by atoms with Crippen molar-refractivity contribution in [2.24, 2.45) is 0 Å². The van der Waals surface area contributed by atoms with Gasteiger partial charge in [0.2, 0.25) is 0 Å². The summed E-state index contributed by atoms with van der Waals surface area (Å²) < 4.78 is 13.7. The lowest BCUT2D eigenvalue weighted by atomic mass is 10.1. The molecule has 0 aliphatic carbocycles. The van der Waals surface area contributed by atoms with Gasteiger partial charge in [-0.05, 0) is 36.8 Å². The van der Waals surface area contributed by atoms with Gasteiger partial charge in [0.1, 0.15) is 5.82 Å². The van der Waals surface area contributed by atoms with E-state index in [1.165, 1.54) is 6.07 Å². The maximum absolute atomic E-state index is 13.7. The van der Waals surface area contributed by atoms with E-state index < -0.39 is 0 Å². The number of halogens is 1. The maximum atomic E-state index is 13.7. The predicted molar refractivity (Wildman–Crippen MR) is 70.6 cm³/mol. The summed E-state index contributed by atoms with van der Waals surface area (Å²) in [5.74, 6) is -0.353. The quantitative estimate of drug-likeness (QED) is 0.913. The smallest absolute Gasteiger partial charge is 0.129 e. The van der Waals surface area contributed by atoms with E-state index in [0.29, 0.717) is 17.7 Å². The molecule has 1 N–H and O–H groups in total. The Kier molecular flexibility index (Phi) is 4.22. The number of benzene rings is 1. The molecule has 2 rings (SSSR count). The Labute approximate surface area is 111 Å². The SMILES string of the molecule is C[C@@H](NCc1ccc(C#N)cc1F)c1ccncc1. The van der Waals surface area contributed by atoms with E-state index in [4.69, 9.17) is 5.26 Å². The Balaban J connectivity index is 2.01. The van der Waals surface area contributed by atoms with Crippen molar-refractivity contribution in [3.05, 3.63) is 65.2 Å². The van der Waals surface area contributed by atoms with E-state index in [1.54, 1.807) is 24.5 Å². The Morgan fingerprint density at radius 1 is 1.32 bits per heavy atom. The zero-order chi connectivity index (χ0) is 13.7. The molecular formula is C15H14FN3. The Bertz CT molecular complexity index is 590. The first kappa shape index (κ1) is 13.2. The van der Waals surface area contributed by atoms with Crippen molar-refractivity contribution in [3.8, 4) is 6.07 Å². The zero-order valence-corrected chi connectivity index (χ0v) is 10.6. The second kappa shape index (κ2) is 6.07. The Morgan fingerprint density at radius 2 is 2.05 bits per heavy atom. The number of nitriles is 1. The summed E-state index contributed by atoms with van der Waals surface area (Å²) in [5, 5.41) is 11.9. The van der Waals surface area contributed by atoms with E-state index in [0.717, 1.165) is 5.56 Å². The highest BCUT2D eigenvalue weighted by Gasteiger charge is 2.07. The second-order valence-corrected chi connectivity index (χ2v) is 4.30. The summed E-state index contributed by atoms with van der Waals surface area (Å²) in [7, 11) is 0. The normalized spacial score (nSPS) is 11.8.